The molecule has 0 aromatic heterocycles. The predicted molar refractivity (Wildman–Crippen MR) is 69.3 cm³/mol. The molecule has 1 heterocycles. The quantitative estimate of drug-likeness (QED) is 0.847. The van der Waals surface area contributed by atoms with Crippen LogP contribution < -0.4 is 5.73 Å². The standard InChI is InChI=1S/C14H13F3N2O/c1-3-10-12(20)11(13(18)19(10)2)8-5-4-6-9(7-8)14(15,16)17/h3-7,10H,1,18H2,2H3. The third-order valence-corrected chi connectivity index (χ3v) is 3.27. The summed E-state index contributed by atoms with van der Waals surface area (Å²) in [5, 5.41) is 0. The van der Waals surface area contributed by atoms with Crippen molar-refractivity contribution in [2.75, 3.05) is 7.05 Å². The van der Waals surface area contributed by atoms with Crippen LogP contribution in [0.4, 0.5) is 13.2 Å². The van der Waals surface area contributed by atoms with Crippen LogP contribution in [0.25, 0.3) is 5.57 Å². The fraction of sp³-hybridized carbons (Fsp3) is 0.214. The van der Waals surface area contributed by atoms with Crippen molar-refractivity contribution >= 4 is 11.4 Å². The molecule has 1 atom stereocenters. The number of rotatable bonds is 2. The van der Waals surface area contributed by atoms with Crippen molar-refractivity contribution in [3.8, 4) is 0 Å². The molecular weight excluding hydrogens is 269 g/mol. The normalized spacial score (nSPS) is 19.7. The first kappa shape index (κ1) is 14.2. The van der Waals surface area contributed by atoms with Gasteiger partial charge in [0.1, 0.15) is 11.9 Å². The molecule has 0 bridgehead atoms. The van der Waals surface area contributed by atoms with E-state index in [1.807, 2.05) is 0 Å². The van der Waals surface area contributed by atoms with Crippen molar-refractivity contribution in [2.24, 2.45) is 5.73 Å². The van der Waals surface area contributed by atoms with Gasteiger partial charge in [-0.1, -0.05) is 18.2 Å². The lowest BCUT2D eigenvalue weighted by Crippen LogP contribution is -2.30. The highest BCUT2D eigenvalue weighted by Crippen LogP contribution is 2.34. The third-order valence-electron chi connectivity index (χ3n) is 3.27. The van der Waals surface area contributed by atoms with Crippen molar-refractivity contribution in [3.63, 3.8) is 0 Å². The minimum atomic E-state index is -4.46. The number of Topliss-reactive ketones (excluding diaryl/α,β-unsaturated/α-hetero) is 1. The van der Waals surface area contributed by atoms with Crippen LogP contribution in [0.1, 0.15) is 11.1 Å². The fourth-order valence-electron chi connectivity index (χ4n) is 2.18. The third kappa shape index (κ3) is 2.17. The van der Waals surface area contributed by atoms with Crippen LogP contribution in [-0.4, -0.2) is 23.8 Å². The van der Waals surface area contributed by atoms with E-state index in [1.54, 1.807) is 7.05 Å². The van der Waals surface area contributed by atoms with E-state index in [2.05, 4.69) is 6.58 Å². The molecule has 2 N–H and O–H groups in total. The molecule has 1 aliphatic heterocycles. The van der Waals surface area contributed by atoms with Crippen LogP contribution in [-0.2, 0) is 11.0 Å². The Morgan fingerprint density at radius 2 is 2.05 bits per heavy atom. The van der Waals surface area contributed by atoms with E-state index < -0.39 is 17.8 Å². The summed E-state index contributed by atoms with van der Waals surface area (Å²) in [6, 6.07) is 3.94. The van der Waals surface area contributed by atoms with E-state index in [0.717, 1.165) is 12.1 Å². The van der Waals surface area contributed by atoms with Gasteiger partial charge in [0.25, 0.3) is 0 Å². The molecule has 1 aromatic rings. The minimum Gasteiger partial charge on any atom is -0.385 e. The Morgan fingerprint density at radius 3 is 2.55 bits per heavy atom. The van der Waals surface area contributed by atoms with Crippen molar-refractivity contribution in [3.05, 3.63) is 53.9 Å². The maximum atomic E-state index is 12.7. The van der Waals surface area contributed by atoms with Crippen molar-refractivity contribution in [2.45, 2.75) is 12.2 Å². The van der Waals surface area contributed by atoms with Gasteiger partial charge in [-0.3, -0.25) is 4.79 Å². The van der Waals surface area contributed by atoms with Gasteiger partial charge in [0.05, 0.1) is 11.1 Å². The first-order chi connectivity index (χ1) is 9.27. The largest absolute Gasteiger partial charge is 0.416 e. The number of hydrogen-bond acceptors (Lipinski definition) is 3. The van der Waals surface area contributed by atoms with Crippen LogP contribution in [0, 0.1) is 0 Å². The van der Waals surface area contributed by atoms with Crippen molar-refractivity contribution < 1.29 is 18.0 Å². The van der Waals surface area contributed by atoms with E-state index in [1.165, 1.54) is 23.1 Å². The highest BCUT2D eigenvalue weighted by atomic mass is 19.4. The van der Waals surface area contributed by atoms with Crippen LogP contribution in [0.2, 0.25) is 0 Å². The zero-order chi connectivity index (χ0) is 15.1. The van der Waals surface area contributed by atoms with Gasteiger partial charge < -0.3 is 10.6 Å². The molecule has 1 unspecified atom stereocenters. The summed E-state index contributed by atoms with van der Waals surface area (Å²) in [6.07, 6.45) is -3.05. The van der Waals surface area contributed by atoms with Gasteiger partial charge >= 0.3 is 6.18 Å². The summed E-state index contributed by atoms with van der Waals surface area (Å²) in [6.45, 7) is 3.54. The summed E-state index contributed by atoms with van der Waals surface area (Å²) < 4.78 is 38.1. The number of alkyl halides is 3. The average molecular weight is 282 g/mol. The predicted octanol–water partition coefficient (Wildman–Crippen LogP) is 2.40. The average Bonchev–Trinajstić information content (AvgIpc) is 2.59. The zero-order valence-corrected chi connectivity index (χ0v) is 10.7. The molecule has 0 aliphatic carbocycles. The molecular formula is C14H13F3N2O. The van der Waals surface area contributed by atoms with E-state index in [0.29, 0.717) is 0 Å². The van der Waals surface area contributed by atoms with Crippen LogP contribution >= 0.6 is 0 Å². The molecule has 0 saturated heterocycles. The topological polar surface area (TPSA) is 46.3 Å². The van der Waals surface area contributed by atoms with Crippen LogP contribution in [0.15, 0.2) is 42.7 Å². The Kier molecular flexibility index (Phi) is 3.33. The number of likely N-dealkylation sites (N-methyl/N-ethyl adjacent to an activating group) is 1. The van der Waals surface area contributed by atoms with Gasteiger partial charge in [0.2, 0.25) is 0 Å². The van der Waals surface area contributed by atoms with Gasteiger partial charge in [-0.15, -0.1) is 6.58 Å². The molecule has 2 rings (SSSR count). The summed E-state index contributed by atoms with van der Waals surface area (Å²) in [5.41, 5.74) is 5.28. The van der Waals surface area contributed by atoms with Gasteiger partial charge in [-0.2, -0.15) is 13.2 Å². The first-order valence-corrected chi connectivity index (χ1v) is 5.84. The molecule has 106 valence electrons. The van der Waals surface area contributed by atoms with Crippen LogP contribution in [0.5, 0.6) is 0 Å². The molecule has 0 fully saturated rings. The number of benzene rings is 1. The van der Waals surface area contributed by atoms with E-state index in [-0.39, 0.29) is 22.7 Å². The Labute approximate surface area is 114 Å². The lowest BCUT2D eigenvalue weighted by Gasteiger charge is -2.17. The Morgan fingerprint density at radius 1 is 1.40 bits per heavy atom. The van der Waals surface area contributed by atoms with Gasteiger partial charge in [0.15, 0.2) is 5.78 Å². The van der Waals surface area contributed by atoms with Crippen LogP contribution in [0.3, 0.4) is 0 Å². The second-order valence-electron chi connectivity index (χ2n) is 4.49. The zero-order valence-electron chi connectivity index (χ0n) is 10.7. The number of hydrogen-bond donors (Lipinski definition) is 1. The minimum absolute atomic E-state index is 0.100. The first-order valence-electron chi connectivity index (χ1n) is 5.84. The summed E-state index contributed by atoms with van der Waals surface area (Å²) in [4.78, 5) is 13.7. The molecule has 3 nitrogen and oxygen atoms in total. The Bertz CT molecular complexity index is 605. The second kappa shape index (κ2) is 4.70. The van der Waals surface area contributed by atoms with Gasteiger partial charge in [-0.25, -0.2) is 0 Å². The van der Waals surface area contributed by atoms with E-state index >= 15 is 0 Å². The molecule has 1 aliphatic rings. The van der Waals surface area contributed by atoms with Crippen molar-refractivity contribution in [1.82, 2.24) is 4.90 Å². The number of nitrogens with zero attached hydrogens (tertiary/aromatic N) is 1. The molecule has 1 aromatic carbocycles. The summed E-state index contributed by atoms with van der Waals surface area (Å²) >= 11 is 0. The maximum Gasteiger partial charge on any atom is 0.416 e. The van der Waals surface area contributed by atoms with Gasteiger partial charge in [-0.05, 0) is 17.7 Å². The lowest BCUT2D eigenvalue weighted by atomic mass is 9.98. The summed E-state index contributed by atoms with van der Waals surface area (Å²) in [5.74, 6) is -0.196. The SMILES string of the molecule is C=CC1C(=O)C(c2cccc(C(F)(F)F)c2)=C(N)N1C. The highest BCUT2D eigenvalue weighted by molar-refractivity contribution is 6.26. The Balaban J connectivity index is 2.52. The molecule has 0 saturated carbocycles. The molecule has 20 heavy (non-hydrogen) atoms. The monoisotopic (exact) mass is 282 g/mol. The maximum absolute atomic E-state index is 12.7. The smallest absolute Gasteiger partial charge is 0.385 e. The number of carbonyl (C=O) groups is 1. The Hall–Kier alpha value is -2.24. The molecule has 0 radical (unpaired) electrons. The van der Waals surface area contributed by atoms with E-state index in [4.69, 9.17) is 5.73 Å². The number of nitrogens with two attached hydrogens (primary N) is 1. The molecule has 0 amide bonds. The lowest BCUT2D eigenvalue weighted by molar-refractivity contribution is -0.137. The van der Waals surface area contributed by atoms with Crippen molar-refractivity contribution in [1.29, 1.82) is 0 Å². The highest BCUT2D eigenvalue weighted by Gasteiger charge is 2.36. The fourth-order valence-corrected chi connectivity index (χ4v) is 2.18. The second-order valence-corrected chi connectivity index (χ2v) is 4.49. The number of carbonyl (C=O) groups excluding carboxylic acids is 1. The molecule has 0 spiro atoms. The van der Waals surface area contributed by atoms with Gasteiger partial charge in [0, 0.05) is 7.05 Å². The number of ketones is 1. The number of halogens is 3. The summed E-state index contributed by atoms with van der Waals surface area (Å²) in [7, 11) is 1.60. The molecule has 6 heteroatoms. The van der Waals surface area contributed by atoms with E-state index in [9.17, 15) is 18.0 Å².